The molecule has 1 aromatic heterocycles. The Morgan fingerprint density at radius 2 is 1.69 bits per heavy atom. The van der Waals surface area contributed by atoms with E-state index in [2.05, 4.69) is 15.3 Å². The summed E-state index contributed by atoms with van der Waals surface area (Å²) in [5.41, 5.74) is 4.21. The van der Waals surface area contributed by atoms with Crippen LogP contribution in [0.1, 0.15) is 16.7 Å². The number of aryl methyl sites for hydroxylation is 2. The lowest BCUT2D eigenvalue weighted by Gasteiger charge is -2.19. The van der Waals surface area contributed by atoms with E-state index in [0.29, 0.717) is 21.8 Å². The second kappa shape index (κ2) is 9.79. The molecule has 1 aliphatic rings. The Bertz CT molecular complexity index is 1570. The van der Waals surface area contributed by atoms with Crippen molar-refractivity contribution in [1.82, 2.24) is 15.0 Å². The van der Waals surface area contributed by atoms with Crippen LogP contribution >= 0.6 is 11.8 Å². The molecule has 0 aliphatic carbocycles. The zero-order valence-corrected chi connectivity index (χ0v) is 20.8. The standard InChI is InChI=1S/C27H23N5O3S/c1-17-12-18(2)14-20(13-17)32-26(34)24(15-19-8-10-21(35-3)11-9-19)28-27(32)36-16-31-25(33)22-6-4-5-7-23(22)29-30-31/h4-15H,16H2,1-3H3. The van der Waals surface area contributed by atoms with E-state index < -0.39 is 0 Å². The van der Waals surface area contributed by atoms with Crippen LogP contribution in [0.4, 0.5) is 5.69 Å². The van der Waals surface area contributed by atoms with E-state index in [4.69, 9.17) is 4.74 Å². The molecule has 0 spiro atoms. The summed E-state index contributed by atoms with van der Waals surface area (Å²) in [6.07, 6.45) is 1.74. The molecular formula is C27H23N5O3S. The topological polar surface area (TPSA) is 89.7 Å². The van der Waals surface area contributed by atoms with Gasteiger partial charge in [-0.05, 0) is 73.0 Å². The quantitative estimate of drug-likeness (QED) is 0.376. The highest BCUT2D eigenvalue weighted by Crippen LogP contribution is 2.31. The first-order valence-corrected chi connectivity index (χ1v) is 12.2. The van der Waals surface area contributed by atoms with Crippen LogP contribution in [-0.4, -0.2) is 33.2 Å². The molecule has 8 nitrogen and oxygen atoms in total. The number of amides is 1. The first-order chi connectivity index (χ1) is 17.4. The SMILES string of the molecule is COc1ccc(C=C2N=C(SCn3nnc4ccccc4c3=O)N(c3cc(C)cc(C)c3)C2=O)cc1. The highest BCUT2D eigenvalue weighted by Gasteiger charge is 2.32. The fourth-order valence-corrected chi connectivity index (χ4v) is 4.87. The average molecular weight is 498 g/mol. The summed E-state index contributed by atoms with van der Waals surface area (Å²) in [6, 6.07) is 20.4. The minimum absolute atomic E-state index is 0.153. The number of methoxy groups -OCH3 is 1. The zero-order valence-electron chi connectivity index (χ0n) is 20.0. The van der Waals surface area contributed by atoms with Crippen LogP contribution in [0.2, 0.25) is 0 Å². The van der Waals surface area contributed by atoms with Crippen molar-refractivity contribution in [3.63, 3.8) is 0 Å². The number of aliphatic imine (C=N–C) groups is 1. The molecule has 3 aromatic carbocycles. The maximum Gasteiger partial charge on any atom is 0.283 e. The van der Waals surface area contributed by atoms with E-state index in [9.17, 15) is 9.59 Å². The van der Waals surface area contributed by atoms with Gasteiger partial charge in [0.1, 0.15) is 17.0 Å². The Hall–Kier alpha value is -4.24. The Kier molecular flexibility index (Phi) is 6.39. The lowest BCUT2D eigenvalue weighted by atomic mass is 10.1. The number of aromatic nitrogens is 3. The highest BCUT2D eigenvalue weighted by atomic mass is 32.2. The van der Waals surface area contributed by atoms with Gasteiger partial charge in [0.15, 0.2) is 5.17 Å². The Morgan fingerprint density at radius 3 is 2.42 bits per heavy atom. The van der Waals surface area contributed by atoms with Crippen molar-refractivity contribution >= 4 is 45.5 Å². The molecule has 9 heteroatoms. The van der Waals surface area contributed by atoms with Crippen molar-refractivity contribution in [2.75, 3.05) is 12.0 Å². The number of carbonyl (C=O) groups is 1. The summed E-state index contributed by atoms with van der Waals surface area (Å²) in [7, 11) is 1.61. The summed E-state index contributed by atoms with van der Waals surface area (Å²) >= 11 is 1.25. The number of carbonyl (C=O) groups excluding carboxylic acids is 1. The molecule has 2 heterocycles. The van der Waals surface area contributed by atoms with Gasteiger partial charge in [-0.2, -0.15) is 4.68 Å². The number of benzene rings is 3. The average Bonchev–Trinajstić information content (AvgIpc) is 3.18. The van der Waals surface area contributed by atoms with Gasteiger partial charge in [0.25, 0.3) is 11.5 Å². The van der Waals surface area contributed by atoms with E-state index in [1.165, 1.54) is 16.4 Å². The molecule has 5 rings (SSSR count). The van der Waals surface area contributed by atoms with Crippen molar-refractivity contribution in [3.8, 4) is 5.75 Å². The fraction of sp³-hybridized carbons (Fsp3) is 0.148. The number of thioether (sulfide) groups is 1. The Balaban J connectivity index is 1.51. The van der Waals surface area contributed by atoms with E-state index in [-0.39, 0.29) is 17.3 Å². The fourth-order valence-electron chi connectivity index (χ4n) is 3.99. The maximum absolute atomic E-state index is 13.5. The molecule has 0 saturated heterocycles. The Morgan fingerprint density at radius 1 is 0.972 bits per heavy atom. The number of hydrogen-bond acceptors (Lipinski definition) is 7. The number of hydrogen-bond donors (Lipinski definition) is 0. The predicted molar refractivity (Wildman–Crippen MR) is 143 cm³/mol. The Labute approximate surface area is 211 Å². The van der Waals surface area contributed by atoms with E-state index in [1.54, 1.807) is 36.3 Å². The van der Waals surface area contributed by atoms with Crippen LogP contribution in [0, 0.1) is 13.8 Å². The van der Waals surface area contributed by atoms with Crippen molar-refractivity contribution in [2.24, 2.45) is 4.99 Å². The maximum atomic E-state index is 13.5. The second-order valence-corrected chi connectivity index (χ2v) is 9.28. The summed E-state index contributed by atoms with van der Waals surface area (Å²) < 4.78 is 6.50. The first-order valence-electron chi connectivity index (χ1n) is 11.3. The van der Waals surface area contributed by atoms with Crippen molar-refractivity contribution in [2.45, 2.75) is 19.7 Å². The van der Waals surface area contributed by atoms with Crippen molar-refractivity contribution < 1.29 is 9.53 Å². The molecule has 180 valence electrons. The van der Waals surface area contributed by atoms with Crippen LogP contribution in [-0.2, 0) is 10.7 Å². The highest BCUT2D eigenvalue weighted by molar-refractivity contribution is 8.13. The number of rotatable bonds is 5. The summed E-state index contributed by atoms with van der Waals surface area (Å²) in [5.74, 6) is 0.642. The third kappa shape index (κ3) is 4.65. The minimum atomic E-state index is -0.245. The molecular weight excluding hydrogens is 474 g/mol. The van der Waals surface area contributed by atoms with Gasteiger partial charge >= 0.3 is 0 Å². The van der Waals surface area contributed by atoms with Crippen molar-refractivity contribution in [1.29, 1.82) is 0 Å². The van der Waals surface area contributed by atoms with E-state index in [1.807, 2.05) is 62.4 Å². The zero-order chi connectivity index (χ0) is 25.2. The van der Waals surface area contributed by atoms with Crippen LogP contribution in [0.3, 0.4) is 0 Å². The van der Waals surface area contributed by atoms with Gasteiger partial charge in [0.05, 0.1) is 24.1 Å². The summed E-state index contributed by atoms with van der Waals surface area (Å²) in [6.45, 7) is 3.97. The minimum Gasteiger partial charge on any atom is -0.497 e. The lowest BCUT2D eigenvalue weighted by Crippen LogP contribution is -2.31. The molecule has 4 aromatic rings. The van der Waals surface area contributed by atoms with Gasteiger partial charge in [0, 0.05) is 0 Å². The summed E-state index contributed by atoms with van der Waals surface area (Å²) in [4.78, 5) is 32.7. The largest absolute Gasteiger partial charge is 0.497 e. The van der Waals surface area contributed by atoms with Gasteiger partial charge < -0.3 is 4.74 Å². The van der Waals surface area contributed by atoms with Crippen LogP contribution in [0.5, 0.6) is 5.75 Å². The van der Waals surface area contributed by atoms with E-state index in [0.717, 1.165) is 28.1 Å². The second-order valence-electron chi connectivity index (χ2n) is 8.37. The third-order valence-corrected chi connectivity index (χ3v) is 6.56. The molecule has 1 aliphatic heterocycles. The lowest BCUT2D eigenvalue weighted by molar-refractivity contribution is -0.113. The van der Waals surface area contributed by atoms with Gasteiger partial charge in [-0.3, -0.25) is 14.5 Å². The normalized spacial score (nSPS) is 14.5. The molecule has 0 N–H and O–H groups in total. The number of nitrogens with zero attached hydrogens (tertiary/aromatic N) is 5. The van der Waals surface area contributed by atoms with Crippen molar-refractivity contribution in [3.05, 3.63) is 99.5 Å². The van der Waals surface area contributed by atoms with Crippen LogP contribution < -0.4 is 15.2 Å². The molecule has 0 atom stereocenters. The number of ether oxygens (including phenoxy) is 1. The molecule has 0 saturated carbocycles. The summed E-state index contributed by atoms with van der Waals surface area (Å²) in [5, 5.41) is 9.16. The van der Waals surface area contributed by atoms with E-state index >= 15 is 0 Å². The first kappa shape index (κ1) is 23.5. The van der Waals surface area contributed by atoms with Gasteiger partial charge in [-0.25, -0.2) is 4.99 Å². The predicted octanol–water partition coefficient (Wildman–Crippen LogP) is 4.55. The number of amidine groups is 1. The molecule has 36 heavy (non-hydrogen) atoms. The molecule has 0 bridgehead atoms. The van der Waals surface area contributed by atoms with Gasteiger partial charge in [-0.15, -0.1) is 5.10 Å². The molecule has 0 fully saturated rings. The molecule has 0 unspecified atom stereocenters. The number of anilines is 1. The molecule has 0 radical (unpaired) electrons. The van der Waals surface area contributed by atoms with Gasteiger partial charge in [0.2, 0.25) is 0 Å². The van der Waals surface area contributed by atoms with Crippen LogP contribution in [0.15, 0.2) is 82.2 Å². The smallest absolute Gasteiger partial charge is 0.283 e. The van der Waals surface area contributed by atoms with Gasteiger partial charge in [-0.1, -0.05) is 47.3 Å². The molecule has 1 amide bonds. The number of fused-ring (bicyclic) bond motifs is 1. The monoisotopic (exact) mass is 497 g/mol. The third-order valence-electron chi connectivity index (χ3n) is 5.66. The van der Waals surface area contributed by atoms with Crippen LogP contribution in [0.25, 0.3) is 17.0 Å².